The van der Waals surface area contributed by atoms with E-state index in [1.165, 1.54) is 56.9 Å². The molecular weight excluding hydrogens is 532 g/mol. The van der Waals surface area contributed by atoms with Gasteiger partial charge >= 0.3 is 11.9 Å². The molecule has 43 heavy (non-hydrogen) atoms. The van der Waals surface area contributed by atoms with Gasteiger partial charge in [0.15, 0.2) is 0 Å². The van der Waals surface area contributed by atoms with Crippen LogP contribution in [0.15, 0.2) is 35.9 Å². The first-order valence-electron chi connectivity index (χ1n) is 17.2. The molecule has 0 aliphatic rings. The van der Waals surface area contributed by atoms with Crippen molar-refractivity contribution in [3.05, 3.63) is 47.0 Å². The van der Waals surface area contributed by atoms with E-state index in [4.69, 9.17) is 9.47 Å². The molecule has 0 aliphatic carbocycles. The maximum Gasteiger partial charge on any atom is 0.311 e. The third kappa shape index (κ3) is 12.9. The summed E-state index contributed by atoms with van der Waals surface area (Å²) in [5.41, 5.74) is 3.12. The van der Waals surface area contributed by atoms with Crippen molar-refractivity contribution in [1.29, 1.82) is 0 Å². The van der Waals surface area contributed by atoms with E-state index in [-0.39, 0.29) is 11.9 Å². The molecule has 240 valence electrons. The second-order valence-corrected chi connectivity index (χ2v) is 13.4. The van der Waals surface area contributed by atoms with Crippen molar-refractivity contribution >= 4 is 22.7 Å². The summed E-state index contributed by atoms with van der Waals surface area (Å²) in [5, 5.41) is 1.60. The van der Waals surface area contributed by atoms with Crippen LogP contribution in [-0.2, 0) is 16.0 Å². The maximum absolute atomic E-state index is 12.7. The Kier molecular flexibility index (Phi) is 16.7. The summed E-state index contributed by atoms with van der Waals surface area (Å²) < 4.78 is 11.9. The molecule has 0 spiro atoms. The molecule has 0 bridgehead atoms. The maximum atomic E-state index is 12.7. The van der Waals surface area contributed by atoms with Crippen LogP contribution in [0.2, 0.25) is 0 Å². The number of esters is 2. The predicted molar refractivity (Wildman–Crippen MR) is 182 cm³/mol. The Hall–Kier alpha value is -2.62. The number of carbonyl (C=O) groups excluding carboxylic acids is 2. The molecule has 2 aromatic carbocycles. The fourth-order valence-electron chi connectivity index (χ4n) is 5.87. The van der Waals surface area contributed by atoms with Crippen LogP contribution in [0.5, 0.6) is 11.5 Å². The number of benzene rings is 2. The Morgan fingerprint density at radius 3 is 1.74 bits per heavy atom. The van der Waals surface area contributed by atoms with Crippen molar-refractivity contribution in [2.24, 2.45) is 17.8 Å². The number of hydrogen-bond acceptors (Lipinski definition) is 4. The van der Waals surface area contributed by atoms with Crippen LogP contribution in [0, 0.1) is 24.7 Å². The Morgan fingerprint density at radius 2 is 1.21 bits per heavy atom. The van der Waals surface area contributed by atoms with E-state index in [2.05, 4.69) is 40.7 Å². The van der Waals surface area contributed by atoms with Gasteiger partial charge in [-0.25, -0.2) is 0 Å². The zero-order valence-electron chi connectivity index (χ0n) is 28.7. The Labute approximate surface area is 263 Å². The number of ether oxygens (including phenoxy) is 2. The van der Waals surface area contributed by atoms with Crippen LogP contribution >= 0.6 is 0 Å². The molecule has 2 atom stereocenters. The molecule has 2 unspecified atom stereocenters. The fourth-order valence-corrected chi connectivity index (χ4v) is 5.87. The topological polar surface area (TPSA) is 52.6 Å². The van der Waals surface area contributed by atoms with Crippen molar-refractivity contribution in [3.63, 3.8) is 0 Å². The Morgan fingerprint density at radius 1 is 0.721 bits per heavy atom. The molecule has 0 heterocycles. The van der Waals surface area contributed by atoms with Gasteiger partial charge in [0.05, 0.1) is 0 Å². The van der Waals surface area contributed by atoms with Gasteiger partial charge in [-0.05, 0) is 69.3 Å². The second-order valence-electron chi connectivity index (χ2n) is 13.4. The number of fused-ring (bicyclic) bond motifs is 1. The zero-order valence-corrected chi connectivity index (χ0v) is 28.7. The highest BCUT2D eigenvalue weighted by Crippen LogP contribution is 2.41. The molecule has 4 nitrogen and oxygen atoms in total. The Balaban J connectivity index is 2.09. The van der Waals surface area contributed by atoms with E-state index < -0.39 is 0 Å². The predicted octanol–water partition coefficient (Wildman–Crippen LogP) is 11.5. The van der Waals surface area contributed by atoms with E-state index in [1.807, 2.05) is 45.0 Å². The first kappa shape index (κ1) is 36.6. The molecule has 0 radical (unpaired) electrons. The third-order valence-corrected chi connectivity index (χ3v) is 8.62. The van der Waals surface area contributed by atoms with Gasteiger partial charge in [0.25, 0.3) is 0 Å². The highest BCUT2D eigenvalue weighted by molar-refractivity contribution is 5.98. The van der Waals surface area contributed by atoms with E-state index in [0.717, 1.165) is 58.9 Å². The van der Waals surface area contributed by atoms with Gasteiger partial charge in [-0.1, -0.05) is 122 Å². The number of hydrogen-bond donors (Lipinski definition) is 0. The minimum atomic E-state index is -0.237. The van der Waals surface area contributed by atoms with Gasteiger partial charge in [0, 0.05) is 29.2 Å². The van der Waals surface area contributed by atoms with Crippen LogP contribution in [0.3, 0.4) is 0 Å². The molecular formula is C39H60O4. The number of rotatable bonds is 20. The summed E-state index contributed by atoms with van der Waals surface area (Å²) in [4.78, 5) is 25.2. The van der Waals surface area contributed by atoms with E-state index in [0.29, 0.717) is 30.8 Å². The Bertz CT molecular complexity index is 1180. The molecule has 0 aliphatic heterocycles. The van der Waals surface area contributed by atoms with Crippen LogP contribution in [-0.4, -0.2) is 11.9 Å². The first-order chi connectivity index (χ1) is 20.6. The molecule has 4 heteroatoms. The smallest absolute Gasteiger partial charge is 0.311 e. The SMILES string of the molecule is CCCC(=O)Oc1c(C)c(C/C=C(\C)CCCC(C)CCCC(C)CCCC(C)C)c(OC(=O)CCC)c2ccccc12. The van der Waals surface area contributed by atoms with E-state index >= 15 is 0 Å². The van der Waals surface area contributed by atoms with E-state index in [9.17, 15) is 9.59 Å². The molecule has 0 saturated carbocycles. The lowest BCUT2D eigenvalue weighted by Crippen LogP contribution is -2.13. The van der Waals surface area contributed by atoms with Crippen molar-refractivity contribution in [1.82, 2.24) is 0 Å². The van der Waals surface area contributed by atoms with Crippen LogP contribution in [0.1, 0.15) is 143 Å². The molecule has 0 aromatic heterocycles. The van der Waals surface area contributed by atoms with Gasteiger partial charge in [-0.3, -0.25) is 9.59 Å². The molecule has 2 rings (SSSR count). The summed E-state index contributed by atoms with van der Waals surface area (Å²) >= 11 is 0. The minimum absolute atomic E-state index is 0.233. The average Bonchev–Trinajstić information content (AvgIpc) is 2.95. The lowest BCUT2D eigenvalue weighted by Gasteiger charge is -2.19. The van der Waals surface area contributed by atoms with Crippen molar-refractivity contribution < 1.29 is 19.1 Å². The quantitative estimate of drug-likeness (QED) is 0.0871. The normalized spacial score (nSPS) is 13.4. The summed E-state index contributed by atoms with van der Waals surface area (Å²) in [7, 11) is 0. The van der Waals surface area contributed by atoms with Crippen LogP contribution in [0.4, 0.5) is 0 Å². The summed E-state index contributed by atoms with van der Waals surface area (Å²) in [6.07, 6.45) is 16.7. The highest BCUT2D eigenvalue weighted by Gasteiger charge is 2.22. The molecule has 0 N–H and O–H groups in total. The van der Waals surface area contributed by atoms with Crippen molar-refractivity contribution in [2.45, 2.75) is 145 Å². The first-order valence-corrected chi connectivity index (χ1v) is 17.2. The molecule has 2 aromatic rings. The highest BCUT2D eigenvalue weighted by atomic mass is 16.5. The fraction of sp³-hybridized carbons (Fsp3) is 0.641. The largest absolute Gasteiger partial charge is 0.426 e. The minimum Gasteiger partial charge on any atom is -0.426 e. The van der Waals surface area contributed by atoms with Crippen LogP contribution in [0.25, 0.3) is 10.8 Å². The van der Waals surface area contributed by atoms with E-state index in [1.54, 1.807) is 0 Å². The van der Waals surface area contributed by atoms with Gasteiger partial charge in [-0.15, -0.1) is 0 Å². The van der Waals surface area contributed by atoms with Gasteiger partial charge in [0.1, 0.15) is 11.5 Å². The summed E-state index contributed by atoms with van der Waals surface area (Å²) in [6.45, 7) is 17.6. The standard InChI is InChI=1S/C39H60O4/c1-9-16-36(40)42-38-32(8)33(39(43-37(41)17-10-2)35-25-12-11-24-34(35)38)27-26-31(7)23-15-22-30(6)21-14-20-29(5)19-13-18-28(3)4/h11-12,24-26,28-30H,9-10,13-23,27H2,1-8H3/b31-26+. The lowest BCUT2D eigenvalue weighted by molar-refractivity contribution is -0.135. The summed E-state index contributed by atoms with van der Waals surface area (Å²) in [6, 6.07) is 7.75. The molecule has 0 saturated heterocycles. The molecule has 0 amide bonds. The van der Waals surface area contributed by atoms with Crippen molar-refractivity contribution in [2.75, 3.05) is 0 Å². The van der Waals surface area contributed by atoms with Gasteiger partial charge in [0.2, 0.25) is 0 Å². The molecule has 0 fully saturated rings. The monoisotopic (exact) mass is 592 g/mol. The second kappa shape index (κ2) is 19.6. The van der Waals surface area contributed by atoms with Gasteiger partial charge in [-0.2, -0.15) is 0 Å². The number of carbonyl (C=O) groups is 2. The summed E-state index contributed by atoms with van der Waals surface area (Å²) in [5.74, 6) is 3.12. The third-order valence-electron chi connectivity index (χ3n) is 8.62. The van der Waals surface area contributed by atoms with Crippen LogP contribution < -0.4 is 9.47 Å². The van der Waals surface area contributed by atoms with Gasteiger partial charge < -0.3 is 9.47 Å². The zero-order chi connectivity index (χ0) is 31.8. The lowest BCUT2D eigenvalue weighted by atomic mass is 9.91. The average molecular weight is 593 g/mol. The van der Waals surface area contributed by atoms with Crippen molar-refractivity contribution in [3.8, 4) is 11.5 Å². The number of allylic oxidation sites excluding steroid dienone is 2.